The number of carbonyl (C=O) groups excluding carboxylic acids is 1. The molecular formula is C10H22N2O. The van der Waals surface area contributed by atoms with E-state index in [4.69, 9.17) is 5.73 Å². The summed E-state index contributed by atoms with van der Waals surface area (Å²) in [5.74, 6) is 0.0588. The average molecular weight is 186 g/mol. The molecule has 0 rings (SSSR count). The summed E-state index contributed by atoms with van der Waals surface area (Å²) >= 11 is 0. The summed E-state index contributed by atoms with van der Waals surface area (Å²) in [5.41, 5.74) is 5.66. The number of rotatable bonds is 5. The van der Waals surface area contributed by atoms with Crippen molar-refractivity contribution in [2.75, 3.05) is 7.05 Å². The second-order valence-corrected chi connectivity index (χ2v) is 3.60. The predicted molar refractivity (Wildman–Crippen MR) is 55.4 cm³/mol. The molecule has 3 heteroatoms. The van der Waals surface area contributed by atoms with Crippen molar-refractivity contribution in [2.24, 2.45) is 5.73 Å². The lowest BCUT2D eigenvalue weighted by molar-refractivity contribution is -0.133. The normalized spacial score (nSPS) is 15.2. The molecule has 0 saturated carbocycles. The molecule has 0 aromatic heterocycles. The number of likely N-dealkylation sites (N-methyl/N-ethyl adjacent to an activating group) is 1. The minimum absolute atomic E-state index is 0.0588. The lowest BCUT2D eigenvalue weighted by atomic mass is 10.1. The number of nitrogens with zero attached hydrogens (tertiary/aromatic N) is 1. The Morgan fingerprint density at radius 3 is 2.38 bits per heavy atom. The van der Waals surface area contributed by atoms with E-state index >= 15 is 0 Å². The fourth-order valence-electron chi connectivity index (χ4n) is 1.26. The topological polar surface area (TPSA) is 46.3 Å². The van der Waals surface area contributed by atoms with Gasteiger partial charge in [-0.25, -0.2) is 0 Å². The van der Waals surface area contributed by atoms with Crippen LogP contribution in [0.1, 0.15) is 40.0 Å². The highest BCUT2D eigenvalue weighted by Gasteiger charge is 2.19. The van der Waals surface area contributed by atoms with Gasteiger partial charge in [-0.1, -0.05) is 20.3 Å². The number of nitrogens with two attached hydrogens (primary N) is 1. The van der Waals surface area contributed by atoms with E-state index in [1.165, 1.54) is 0 Å². The minimum atomic E-state index is -0.329. The van der Waals surface area contributed by atoms with E-state index in [-0.39, 0.29) is 11.9 Å². The molecule has 0 aromatic carbocycles. The van der Waals surface area contributed by atoms with Gasteiger partial charge in [0, 0.05) is 13.1 Å². The molecule has 2 atom stereocenters. The molecule has 78 valence electrons. The van der Waals surface area contributed by atoms with Crippen LogP contribution >= 0.6 is 0 Å². The van der Waals surface area contributed by atoms with Crippen LogP contribution in [0.2, 0.25) is 0 Å². The van der Waals surface area contributed by atoms with Gasteiger partial charge in [0.15, 0.2) is 0 Å². The van der Waals surface area contributed by atoms with Gasteiger partial charge < -0.3 is 10.6 Å². The van der Waals surface area contributed by atoms with E-state index in [2.05, 4.69) is 13.8 Å². The lowest BCUT2D eigenvalue weighted by Crippen LogP contribution is -2.45. The first-order chi connectivity index (χ1) is 6.04. The second-order valence-electron chi connectivity index (χ2n) is 3.60. The Kier molecular flexibility index (Phi) is 5.71. The van der Waals surface area contributed by atoms with Gasteiger partial charge >= 0.3 is 0 Å². The average Bonchev–Trinajstić information content (AvgIpc) is 2.14. The van der Waals surface area contributed by atoms with Crippen molar-refractivity contribution in [1.29, 1.82) is 0 Å². The number of hydrogen-bond donors (Lipinski definition) is 1. The summed E-state index contributed by atoms with van der Waals surface area (Å²) < 4.78 is 0. The van der Waals surface area contributed by atoms with Crippen LogP contribution in [0.15, 0.2) is 0 Å². The summed E-state index contributed by atoms with van der Waals surface area (Å²) in [6, 6.07) is -0.0283. The van der Waals surface area contributed by atoms with Crippen molar-refractivity contribution in [3.8, 4) is 0 Å². The van der Waals surface area contributed by atoms with Gasteiger partial charge in [-0.3, -0.25) is 4.79 Å². The zero-order valence-electron chi connectivity index (χ0n) is 9.21. The fourth-order valence-corrected chi connectivity index (χ4v) is 1.26. The highest BCUT2D eigenvalue weighted by molar-refractivity contribution is 5.81. The molecule has 0 fully saturated rings. The first-order valence-corrected chi connectivity index (χ1v) is 5.06. The predicted octanol–water partition coefficient (Wildman–Crippen LogP) is 1.37. The monoisotopic (exact) mass is 186 g/mol. The van der Waals surface area contributed by atoms with Gasteiger partial charge in [0.1, 0.15) is 0 Å². The van der Waals surface area contributed by atoms with Crippen LogP contribution in [0.4, 0.5) is 0 Å². The standard InChI is InChI=1S/C10H22N2O/c1-5-7-8(3)12(4)10(13)9(11)6-2/h8-9H,5-7,11H2,1-4H3/t8?,9-/m1/s1. The van der Waals surface area contributed by atoms with Crippen LogP contribution in [0.5, 0.6) is 0 Å². The molecular weight excluding hydrogens is 164 g/mol. The third kappa shape index (κ3) is 3.77. The molecule has 1 unspecified atom stereocenters. The van der Waals surface area contributed by atoms with Crippen molar-refractivity contribution in [3.63, 3.8) is 0 Å². The second kappa shape index (κ2) is 5.97. The highest BCUT2D eigenvalue weighted by atomic mass is 16.2. The van der Waals surface area contributed by atoms with Crippen LogP contribution in [-0.2, 0) is 4.79 Å². The molecule has 13 heavy (non-hydrogen) atoms. The maximum atomic E-state index is 11.6. The van der Waals surface area contributed by atoms with Crippen molar-refractivity contribution < 1.29 is 4.79 Å². The molecule has 0 radical (unpaired) electrons. The molecule has 0 aliphatic carbocycles. The number of carbonyl (C=O) groups is 1. The molecule has 0 saturated heterocycles. The smallest absolute Gasteiger partial charge is 0.239 e. The zero-order chi connectivity index (χ0) is 10.4. The molecule has 2 N–H and O–H groups in total. The number of hydrogen-bond acceptors (Lipinski definition) is 2. The van der Waals surface area contributed by atoms with E-state index in [9.17, 15) is 4.79 Å². The largest absolute Gasteiger partial charge is 0.342 e. The van der Waals surface area contributed by atoms with Gasteiger partial charge in [0.25, 0.3) is 0 Å². The minimum Gasteiger partial charge on any atom is -0.342 e. The fraction of sp³-hybridized carbons (Fsp3) is 0.900. The first-order valence-electron chi connectivity index (χ1n) is 5.06. The molecule has 0 spiro atoms. The van der Waals surface area contributed by atoms with Crippen molar-refractivity contribution in [2.45, 2.75) is 52.1 Å². The number of amides is 1. The van der Waals surface area contributed by atoms with Crippen LogP contribution in [0.3, 0.4) is 0 Å². The highest BCUT2D eigenvalue weighted by Crippen LogP contribution is 2.06. The molecule has 1 amide bonds. The first kappa shape index (κ1) is 12.4. The maximum absolute atomic E-state index is 11.6. The van der Waals surface area contributed by atoms with Gasteiger partial charge in [-0.05, 0) is 19.8 Å². The summed E-state index contributed by atoms with van der Waals surface area (Å²) in [6.07, 6.45) is 2.85. The summed E-state index contributed by atoms with van der Waals surface area (Å²) in [6.45, 7) is 6.11. The van der Waals surface area contributed by atoms with Gasteiger partial charge in [0.2, 0.25) is 5.91 Å². The van der Waals surface area contributed by atoms with Gasteiger partial charge in [0.05, 0.1) is 6.04 Å². The Morgan fingerprint density at radius 1 is 1.46 bits per heavy atom. The van der Waals surface area contributed by atoms with E-state index in [0.29, 0.717) is 12.5 Å². The van der Waals surface area contributed by atoms with E-state index in [0.717, 1.165) is 12.8 Å². The molecule has 0 heterocycles. The Hall–Kier alpha value is -0.570. The van der Waals surface area contributed by atoms with Gasteiger partial charge in [-0.2, -0.15) is 0 Å². The molecule has 0 bridgehead atoms. The van der Waals surface area contributed by atoms with Crippen LogP contribution in [0.25, 0.3) is 0 Å². The Balaban J connectivity index is 4.08. The van der Waals surface area contributed by atoms with E-state index in [1.807, 2.05) is 14.0 Å². The molecule has 0 aromatic rings. The van der Waals surface area contributed by atoms with Crippen molar-refractivity contribution in [3.05, 3.63) is 0 Å². The lowest BCUT2D eigenvalue weighted by Gasteiger charge is -2.26. The Labute approximate surface area is 81.3 Å². The molecule has 0 aliphatic rings. The molecule has 0 aliphatic heterocycles. The zero-order valence-corrected chi connectivity index (χ0v) is 9.21. The Bertz CT molecular complexity index is 159. The Morgan fingerprint density at radius 2 is 2.00 bits per heavy atom. The maximum Gasteiger partial charge on any atom is 0.239 e. The van der Waals surface area contributed by atoms with E-state index < -0.39 is 0 Å². The summed E-state index contributed by atoms with van der Waals surface area (Å²) in [5, 5.41) is 0. The van der Waals surface area contributed by atoms with Crippen LogP contribution in [-0.4, -0.2) is 29.9 Å². The summed E-state index contributed by atoms with van der Waals surface area (Å²) in [7, 11) is 1.83. The molecule has 3 nitrogen and oxygen atoms in total. The third-order valence-corrected chi connectivity index (χ3v) is 2.47. The SMILES string of the molecule is CCCC(C)N(C)C(=O)[C@H](N)CC. The van der Waals surface area contributed by atoms with E-state index in [1.54, 1.807) is 4.90 Å². The van der Waals surface area contributed by atoms with Crippen molar-refractivity contribution >= 4 is 5.91 Å². The van der Waals surface area contributed by atoms with Crippen molar-refractivity contribution in [1.82, 2.24) is 4.90 Å². The quantitative estimate of drug-likeness (QED) is 0.705. The van der Waals surface area contributed by atoms with Crippen LogP contribution in [0, 0.1) is 0 Å². The third-order valence-electron chi connectivity index (χ3n) is 2.47. The summed E-state index contributed by atoms with van der Waals surface area (Å²) in [4.78, 5) is 13.4. The van der Waals surface area contributed by atoms with Crippen LogP contribution < -0.4 is 5.73 Å². The van der Waals surface area contributed by atoms with Gasteiger partial charge in [-0.15, -0.1) is 0 Å².